The normalized spacial score (nSPS) is 11.7. The molecule has 0 amide bonds. The molecule has 0 bridgehead atoms. The smallest absolute Gasteiger partial charge is 0.0512 e. The van der Waals surface area contributed by atoms with Gasteiger partial charge in [-0.25, -0.2) is 0 Å². The molecule has 4 heteroatoms. The van der Waals surface area contributed by atoms with Crippen molar-refractivity contribution in [3.8, 4) is 45.3 Å². The van der Waals surface area contributed by atoms with Crippen LogP contribution in [0.1, 0.15) is 0 Å². The maximum atomic E-state index is 4.97. The fourth-order valence-electron chi connectivity index (χ4n) is 7.10. The quantitative estimate of drug-likeness (QED) is 0.136. The number of hydrogen-bond acceptors (Lipinski definition) is 3. The first-order chi connectivity index (χ1) is 24.3. The molecular formula is C45H27N3Se. The van der Waals surface area contributed by atoms with Gasteiger partial charge in [0.15, 0.2) is 0 Å². The summed E-state index contributed by atoms with van der Waals surface area (Å²) in [5.41, 5.74) is 5.38. The molecule has 0 aliphatic carbocycles. The van der Waals surface area contributed by atoms with E-state index in [-0.39, 0.29) is 14.5 Å². The summed E-state index contributed by atoms with van der Waals surface area (Å²) >= 11 is 0.216. The predicted octanol–water partition coefficient (Wildman–Crippen LogP) is 11.4. The van der Waals surface area contributed by atoms with Gasteiger partial charge in [-0.2, -0.15) is 0 Å². The van der Waals surface area contributed by atoms with Gasteiger partial charge in [0.05, 0.1) is 0 Å². The number of fused-ring (bicyclic) bond motifs is 8. The van der Waals surface area contributed by atoms with E-state index >= 15 is 0 Å². The van der Waals surface area contributed by atoms with Gasteiger partial charge in [-0.05, 0) is 0 Å². The topological polar surface area (TPSA) is 38.7 Å². The number of rotatable bonds is 4. The third kappa shape index (κ3) is 4.76. The van der Waals surface area contributed by atoms with Crippen LogP contribution in [0.25, 0.3) is 96.9 Å². The fraction of sp³-hybridized carbons (Fsp3) is 0. The predicted molar refractivity (Wildman–Crippen MR) is 206 cm³/mol. The standard InChI is InChI=1S/C45H27N3Se/c1-3-11-30(12-4-1)43-46-44(31-13-5-2-6-14-31)48-45(47-43)34-22-23-36-32(26-34)15-9-17-35(36)33-21-24-38-39-25-20-29-19-18-28-10-7-8-16-37(28)41(29)42(39)49-40(38)27-33/h1-27H. The molecule has 2 aromatic heterocycles. The third-order valence-corrected chi connectivity index (χ3v) is 12.0. The SMILES string of the molecule is c1ccc(-c2nc(-c3ccccc3)nc(-c3ccc4c(-c5ccc6c(c5)[se]c5c6ccc6ccc7ccccc7c65)cccc4c3)n2)cc1. The number of hydrogen-bond donors (Lipinski definition) is 0. The van der Waals surface area contributed by atoms with Gasteiger partial charge < -0.3 is 0 Å². The summed E-state index contributed by atoms with van der Waals surface area (Å²) in [5, 5.41) is 10.5. The fourth-order valence-corrected chi connectivity index (χ4v) is 9.85. The van der Waals surface area contributed by atoms with Crippen LogP contribution in [-0.2, 0) is 0 Å². The molecule has 10 aromatic rings. The summed E-state index contributed by atoms with van der Waals surface area (Å²) in [7, 11) is 0. The van der Waals surface area contributed by atoms with Gasteiger partial charge in [0.25, 0.3) is 0 Å². The van der Waals surface area contributed by atoms with Crippen molar-refractivity contribution in [1.29, 1.82) is 0 Å². The Kier molecular flexibility index (Phi) is 6.51. The molecule has 8 aromatic carbocycles. The first kappa shape index (κ1) is 28.1. The van der Waals surface area contributed by atoms with Crippen LogP contribution in [0.2, 0.25) is 0 Å². The number of aromatic nitrogens is 3. The van der Waals surface area contributed by atoms with E-state index in [0.717, 1.165) is 22.1 Å². The van der Waals surface area contributed by atoms with Gasteiger partial charge in [-0.1, -0.05) is 60.7 Å². The van der Waals surface area contributed by atoms with Crippen molar-refractivity contribution in [1.82, 2.24) is 15.0 Å². The largest absolute Gasteiger partial charge is 0.0615 e. The minimum absolute atomic E-state index is 0.216. The van der Waals surface area contributed by atoms with Gasteiger partial charge in [-0.15, -0.1) is 0 Å². The Morgan fingerprint density at radius 3 is 1.71 bits per heavy atom. The van der Waals surface area contributed by atoms with Crippen molar-refractivity contribution in [2.75, 3.05) is 0 Å². The van der Waals surface area contributed by atoms with Crippen molar-refractivity contribution in [3.05, 3.63) is 164 Å². The average Bonchev–Trinajstić information content (AvgIpc) is 3.56. The zero-order chi connectivity index (χ0) is 32.3. The van der Waals surface area contributed by atoms with Crippen molar-refractivity contribution in [2.24, 2.45) is 0 Å². The molecule has 0 saturated heterocycles. The number of nitrogens with zero attached hydrogens (tertiary/aromatic N) is 3. The summed E-state index contributed by atoms with van der Waals surface area (Å²) in [6.07, 6.45) is 0. The van der Waals surface area contributed by atoms with Gasteiger partial charge in [-0.3, -0.25) is 0 Å². The molecule has 2 heterocycles. The summed E-state index contributed by atoms with van der Waals surface area (Å²) in [6.45, 7) is 0. The Morgan fingerprint density at radius 2 is 0.939 bits per heavy atom. The van der Waals surface area contributed by atoms with Crippen LogP contribution in [0.5, 0.6) is 0 Å². The summed E-state index contributed by atoms with van der Waals surface area (Å²) in [5.74, 6) is 2.00. The van der Waals surface area contributed by atoms with E-state index in [2.05, 4.69) is 103 Å². The summed E-state index contributed by atoms with van der Waals surface area (Å²) < 4.78 is 2.94. The Bertz CT molecular complexity index is 2820. The van der Waals surface area contributed by atoms with Crippen molar-refractivity contribution in [2.45, 2.75) is 0 Å². The Hall–Kier alpha value is -5.93. The summed E-state index contributed by atoms with van der Waals surface area (Å²) in [6, 6.07) is 58.4. The Labute approximate surface area is 288 Å². The molecule has 0 unspecified atom stereocenters. The van der Waals surface area contributed by atoms with E-state index in [1.165, 1.54) is 57.4 Å². The molecule has 0 saturated carbocycles. The molecule has 0 aliphatic heterocycles. The van der Waals surface area contributed by atoms with Crippen LogP contribution in [0.3, 0.4) is 0 Å². The monoisotopic (exact) mass is 689 g/mol. The van der Waals surface area contributed by atoms with E-state index in [1.54, 1.807) is 0 Å². The molecule has 0 fully saturated rings. The molecule has 0 atom stereocenters. The number of benzene rings is 8. The van der Waals surface area contributed by atoms with E-state index in [1.807, 2.05) is 60.7 Å². The van der Waals surface area contributed by atoms with Crippen LogP contribution in [0, 0.1) is 0 Å². The Morgan fingerprint density at radius 1 is 0.347 bits per heavy atom. The molecular weight excluding hydrogens is 661 g/mol. The minimum Gasteiger partial charge on any atom is -0.0615 e. The van der Waals surface area contributed by atoms with Crippen molar-refractivity contribution < 1.29 is 0 Å². The van der Waals surface area contributed by atoms with Gasteiger partial charge in [0, 0.05) is 0 Å². The second-order valence-corrected chi connectivity index (χ2v) is 14.6. The second-order valence-electron chi connectivity index (χ2n) is 12.4. The molecule has 0 N–H and O–H groups in total. The van der Waals surface area contributed by atoms with Gasteiger partial charge >= 0.3 is 229 Å². The van der Waals surface area contributed by atoms with E-state index < -0.39 is 0 Å². The molecule has 49 heavy (non-hydrogen) atoms. The average molecular weight is 689 g/mol. The van der Waals surface area contributed by atoms with Crippen LogP contribution >= 0.6 is 0 Å². The minimum atomic E-state index is 0.216. The van der Waals surface area contributed by atoms with E-state index in [9.17, 15) is 0 Å². The van der Waals surface area contributed by atoms with Crippen LogP contribution in [0.15, 0.2) is 164 Å². The maximum Gasteiger partial charge on any atom is -0.0512 e. The maximum absolute atomic E-state index is 4.97. The molecule has 0 aliphatic rings. The molecule has 0 spiro atoms. The Balaban J connectivity index is 1.10. The molecule has 3 nitrogen and oxygen atoms in total. The van der Waals surface area contributed by atoms with Gasteiger partial charge in [0.1, 0.15) is 0 Å². The van der Waals surface area contributed by atoms with E-state index in [4.69, 9.17) is 15.0 Å². The van der Waals surface area contributed by atoms with Crippen LogP contribution < -0.4 is 0 Å². The molecule has 228 valence electrons. The van der Waals surface area contributed by atoms with Crippen LogP contribution in [0.4, 0.5) is 0 Å². The van der Waals surface area contributed by atoms with Crippen LogP contribution in [-0.4, -0.2) is 29.5 Å². The second kappa shape index (κ2) is 11.3. The zero-order valence-electron chi connectivity index (χ0n) is 26.3. The van der Waals surface area contributed by atoms with E-state index in [0.29, 0.717) is 17.5 Å². The molecule has 10 rings (SSSR count). The van der Waals surface area contributed by atoms with Crippen molar-refractivity contribution >= 4 is 66.1 Å². The first-order valence-corrected chi connectivity index (χ1v) is 18.2. The van der Waals surface area contributed by atoms with Crippen molar-refractivity contribution in [3.63, 3.8) is 0 Å². The first-order valence-electron chi connectivity index (χ1n) is 16.4. The molecule has 0 radical (unpaired) electrons. The third-order valence-electron chi connectivity index (χ3n) is 9.50. The van der Waals surface area contributed by atoms with Gasteiger partial charge in [0.2, 0.25) is 0 Å². The summed E-state index contributed by atoms with van der Waals surface area (Å²) in [4.78, 5) is 14.8. The zero-order valence-corrected chi connectivity index (χ0v) is 28.1.